The van der Waals surface area contributed by atoms with E-state index in [1.54, 1.807) is 0 Å². The van der Waals surface area contributed by atoms with E-state index in [9.17, 15) is 0 Å². The summed E-state index contributed by atoms with van der Waals surface area (Å²) < 4.78 is 6.25. The first kappa shape index (κ1) is 29.7. The summed E-state index contributed by atoms with van der Waals surface area (Å²) >= 11 is 0. The number of furan rings is 1. The Morgan fingerprint density at radius 3 is 1.36 bits per heavy atom. The number of anilines is 3. The van der Waals surface area contributed by atoms with Gasteiger partial charge in [-0.3, -0.25) is 0 Å². The van der Waals surface area contributed by atoms with Crippen molar-refractivity contribution in [3.63, 3.8) is 0 Å². The number of hydrogen-bond acceptors (Lipinski definition) is 2. The van der Waals surface area contributed by atoms with E-state index in [1.807, 2.05) is 0 Å². The van der Waals surface area contributed by atoms with Gasteiger partial charge >= 0.3 is 0 Å². The van der Waals surface area contributed by atoms with Gasteiger partial charge in [-0.25, -0.2) is 0 Å². The number of rotatable bonds is 7. The van der Waals surface area contributed by atoms with Crippen LogP contribution in [-0.4, -0.2) is 0 Å². The van der Waals surface area contributed by atoms with Gasteiger partial charge < -0.3 is 9.32 Å². The lowest BCUT2D eigenvalue weighted by Gasteiger charge is -2.26. The Labute approximate surface area is 292 Å². The second-order valence-electron chi connectivity index (χ2n) is 12.9. The Morgan fingerprint density at radius 2 is 0.860 bits per heavy atom. The minimum Gasteiger partial charge on any atom is -0.456 e. The molecule has 1 unspecified atom stereocenters. The van der Waals surface area contributed by atoms with Gasteiger partial charge in [0.05, 0.1) is 0 Å². The van der Waals surface area contributed by atoms with Crippen LogP contribution in [0.5, 0.6) is 0 Å². The molecule has 0 bridgehead atoms. The van der Waals surface area contributed by atoms with Crippen molar-refractivity contribution >= 4 is 39.0 Å². The van der Waals surface area contributed by atoms with E-state index >= 15 is 0 Å². The van der Waals surface area contributed by atoms with E-state index in [-0.39, 0.29) is 0 Å². The zero-order valence-corrected chi connectivity index (χ0v) is 27.6. The van der Waals surface area contributed by atoms with Crippen LogP contribution in [-0.2, 0) is 0 Å². The van der Waals surface area contributed by atoms with Crippen LogP contribution >= 0.6 is 0 Å². The second-order valence-corrected chi connectivity index (χ2v) is 12.9. The number of fused-ring (bicyclic) bond motifs is 3. The van der Waals surface area contributed by atoms with Gasteiger partial charge in [0.2, 0.25) is 0 Å². The molecule has 0 amide bonds. The van der Waals surface area contributed by atoms with Crippen molar-refractivity contribution in [2.24, 2.45) is 0 Å². The van der Waals surface area contributed by atoms with Gasteiger partial charge in [-0.2, -0.15) is 0 Å². The van der Waals surface area contributed by atoms with Gasteiger partial charge in [0, 0.05) is 33.8 Å². The molecular weight excluding hydrogens is 607 g/mol. The van der Waals surface area contributed by atoms with E-state index in [1.165, 1.54) is 27.8 Å². The van der Waals surface area contributed by atoms with Crippen molar-refractivity contribution < 1.29 is 4.42 Å². The average molecular weight is 642 g/mol. The quantitative estimate of drug-likeness (QED) is 0.172. The highest BCUT2D eigenvalue weighted by Gasteiger charge is 2.16. The molecule has 1 atom stereocenters. The summed E-state index contributed by atoms with van der Waals surface area (Å²) in [5.41, 5.74) is 13.6. The summed E-state index contributed by atoms with van der Waals surface area (Å²) in [6.07, 6.45) is 9.86. The molecule has 0 N–H and O–H groups in total. The van der Waals surface area contributed by atoms with Crippen LogP contribution in [0.4, 0.5) is 17.1 Å². The van der Waals surface area contributed by atoms with Gasteiger partial charge in [0.25, 0.3) is 0 Å². The second kappa shape index (κ2) is 12.9. The highest BCUT2D eigenvalue weighted by atomic mass is 16.3. The Morgan fingerprint density at radius 1 is 0.420 bits per heavy atom. The normalized spacial score (nSPS) is 14.0. The van der Waals surface area contributed by atoms with Crippen LogP contribution in [0, 0.1) is 0 Å². The predicted molar refractivity (Wildman–Crippen MR) is 210 cm³/mol. The Hall–Kier alpha value is -6.38. The highest BCUT2D eigenvalue weighted by molar-refractivity contribution is 6.07. The summed E-state index contributed by atoms with van der Waals surface area (Å²) in [7, 11) is 0. The standard InChI is InChI=1S/C48H35NO/c1-4-10-34(11-5-1)37-16-24-42(25-17-37)49(43-26-18-38(19-27-43)35-12-6-2-7-13-35)44-28-20-39(21-29-44)41-23-31-48-46(33-41)45-32-40(22-30-47(45)50-48)36-14-8-3-9-15-36/h1-12,14-33,35H,13H2. The summed E-state index contributed by atoms with van der Waals surface area (Å²) in [6.45, 7) is 0. The van der Waals surface area contributed by atoms with E-state index < -0.39 is 0 Å². The van der Waals surface area contributed by atoms with Gasteiger partial charge in [-0.15, -0.1) is 0 Å². The highest BCUT2D eigenvalue weighted by Crippen LogP contribution is 2.39. The molecule has 2 heteroatoms. The molecule has 1 aliphatic rings. The molecule has 2 nitrogen and oxygen atoms in total. The van der Waals surface area contributed by atoms with Crippen molar-refractivity contribution in [1.82, 2.24) is 0 Å². The average Bonchev–Trinajstić information content (AvgIpc) is 3.57. The zero-order valence-electron chi connectivity index (χ0n) is 27.6. The first-order valence-corrected chi connectivity index (χ1v) is 17.3. The lowest BCUT2D eigenvalue weighted by atomic mass is 9.92. The fourth-order valence-electron chi connectivity index (χ4n) is 7.15. The minimum atomic E-state index is 0.418. The van der Waals surface area contributed by atoms with Crippen molar-refractivity contribution in [1.29, 1.82) is 0 Å². The van der Waals surface area contributed by atoms with Crippen LogP contribution in [0.2, 0.25) is 0 Å². The fraction of sp³-hybridized carbons (Fsp3) is 0.0417. The van der Waals surface area contributed by atoms with E-state index in [4.69, 9.17) is 4.42 Å². The maximum atomic E-state index is 6.25. The van der Waals surface area contributed by atoms with E-state index in [2.05, 4.69) is 199 Å². The molecule has 8 aromatic rings. The van der Waals surface area contributed by atoms with E-state index in [0.717, 1.165) is 56.5 Å². The summed E-state index contributed by atoms with van der Waals surface area (Å²) in [4.78, 5) is 2.34. The van der Waals surface area contributed by atoms with Gasteiger partial charge in [-0.1, -0.05) is 133 Å². The largest absolute Gasteiger partial charge is 0.456 e. The molecule has 1 aliphatic carbocycles. The van der Waals surface area contributed by atoms with Gasteiger partial charge in [0.1, 0.15) is 11.2 Å². The van der Waals surface area contributed by atoms with E-state index in [0.29, 0.717) is 5.92 Å². The fourth-order valence-corrected chi connectivity index (χ4v) is 7.15. The Kier molecular flexibility index (Phi) is 7.68. The smallest absolute Gasteiger partial charge is 0.135 e. The topological polar surface area (TPSA) is 16.4 Å². The maximum absolute atomic E-state index is 6.25. The number of allylic oxidation sites excluding steroid dienone is 4. The van der Waals surface area contributed by atoms with Crippen LogP contribution in [0.1, 0.15) is 17.9 Å². The van der Waals surface area contributed by atoms with Crippen molar-refractivity contribution in [2.75, 3.05) is 4.90 Å². The molecule has 0 spiro atoms. The van der Waals surface area contributed by atoms with Crippen molar-refractivity contribution in [3.8, 4) is 33.4 Å². The molecule has 9 rings (SSSR count). The van der Waals surface area contributed by atoms with Gasteiger partial charge in [0.15, 0.2) is 0 Å². The van der Waals surface area contributed by atoms with Gasteiger partial charge in [-0.05, 0) is 106 Å². The Bertz CT molecular complexity index is 2470. The van der Waals surface area contributed by atoms with Crippen molar-refractivity contribution in [2.45, 2.75) is 12.3 Å². The molecule has 7 aromatic carbocycles. The SMILES string of the molecule is C1=CCC(c2ccc(N(c3ccc(-c4ccccc4)cc3)c3ccc(-c4ccc5oc6ccc(-c7ccccc7)cc6c5c4)cc3)cc2)C=C1. The van der Waals surface area contributed by atoms with Crippen LogP contribution in [0.3, 0.4) is 0 Å². The molecular formula is C48H35NO. The van der Waals surface area contributed by atoms with Crippen LogP contribution in [0.15, 0.2) is 199 Å². The maximum Gasteiger partial charge on any atom is 0.135 e. The first-order chi connectivity index (χ1) is 24.8. The molecule has 0 aliphatic heterocycles. The summed E-state index contributed by atoms with van der Waals surface area (Å²) in [5, 5.41) is 2.26. The molecule has 0 saturated carbocycles. The lowest BCUT2D eigenvalue weighted by Crippen LogP contribution is -2.10. The first-order valence-electron chi connectivity index (χ1n) is 17.3. The molecule has 0 radical (unpaired) electrons. The molecule has 50 heavy (non-hydrogen) atoms. The zero-order chi connectivity index (χ0) is 33.3. The summed E-state index contributed by atoms with van der Waals surface area (Å²) in [6, 6.07) is 60.9. The summed E-state index contributed by atoms with van der Waals surface area (Å²) in [5.74, 6) is 0.418. The number of benzene rings is 7. The third-order valence-corrected chi connectivity index (χ3v) is 9.83. The predicted octanol–water partition coefficient (Wildman–Crippen LogP) is 13.7. The number of hydrogen-bond donors (Lipinski definition) is 0. The third-order valence-electron chi connectivity index (χ3n) is 9.83. The third kappa shape index (κ3) is 5.71. The lowest BCUT2D eigenvalue weighted by molar-refractivity contribution is 0.669. The molecule has 238 valence electrons. The molecule has 0 saturated heterocycles. The van der Waals surface area contributed by atoms with Crippen LogP contribution in [0.25, 0.3) is 55.3 Å². The number of nitrogens with zero attached hydrogens (tertiary/aromatic N) is 1. The monoisotopic (exact) mass is 641 g/mol. The Balaban J connectivity index is 1.07. The van der Waals surface area contributed by atoms with Crippen LogP contribution < -0.4 is 4.90 Å². The molecule has 1 heterocycles. The molecule has 1 aromatic heterocycles. The minimum absolute atomic E-state index is 0.418. The van der Waals surface area contributed by atoms with Crippen molar-refractivity contribution in [3.05, 3.63) is 200 Å². The molecule has 0 fully saturated rings.